The van der Waals surface area contributed by atoms with Crippen LogP contribution in [0.15, 0.2) is 24.3 Å². The highest BCUT2D eigenvalue weighted by atomic mass is 35.5. The molecule has 0 heterocycles. The summed E-state index contributed by atoms with van der Waals surface area (Å²) in [5, 5.41) is 1.12. The van der Waals surface area contributed by atoms with Crippen LogP contribution in [0.25, 0.3) is 6.08 Å². The number of hydrogen-bond donors (Lipinski definition) is 0. The number of rotatable bonds is 3. The fourth-order valence-corrected chi connectivity index (χ4v) is 1.55. The zero-order chi connectivity index (χ0) is 11.3. The molecule has 2 nitrogen and oxygen atoms in total. The molecule has 0 aliphatic carbocycles. The Morgan fingerprint density at radius 1 is 1.40 bits per heavy atom. The molecule has 0 N–H and O–H groups in total. The van der Waals surface area contributed by atoms with Gasteiger partial charge in [-0.1, -0.05) is 41.4 Å². The summed E-state index contributed by atoms with van der Waals surface area (Å²) in [4.78, 5) is 10.8. The Labute approximate surface area is 98.4 Å². The van der Waals surface area contributed by atoms with E-state index in [0.29, 0.717) is 15.6 Å². The SMILES string of the molecule is COC(=O)CC=Cc1c(Cl)cccc1Cl. The predicted octanol–water partition coefficient (Wildman–Crippen LogP) is 3.57. The van der Waals surface area contributed by atoms with E-state index < -0.39 is 0 Å². The number of ether oxygens (including phenoxy) is 1. The normalized spacial score (nSPS) is 10.6. The second kappa shape index (κ2) is 5.79. The maximum atomic E-state index is 10.8. The van der Waals surface area contributed by atoms with Crippen LogP contribution in [-0.2, 0) is 9.53 Å². The highest BCUT2D eigenvalue weighted by molar-refractivity contribution is 6.37. The number of methoxy groups -OCH3 is 1. The zero-order valence-corrected chi connectivity index (χ0v) is 9.68. The van der Waals surface area contributed by atoms with Crippen molar-refractivity contribution in [3.8, 4) is 0 Å². The van der Waals surface area contributed by atoms with E-state index in [9.17, 15) is 4.79 Å². The van der Waals surface area contributed by atoms with Gasteiger partial charge in [0.25, 0.3) is 0 Å². The molecule has 0 aliphatic rings. The third-order valence-corrected chi connectivity index (χ3v) is 2.46. The minimum Gasteiger partial charge on any atom is -0.469 e. The fraction of sp³-hybridized carbons (Fsp3) is 0.182. The first-order chi connectivity index (χ1) is 7.15. The number of halogens is 2. The van der Waals surface area contributed by atoms with E-state index in [1.165, 1.54) is 7.11 Å². The van der Waals surface area contributed by atoms with Crippen molar-refractivity contribution in [2.75, 3.05) is 7.11 Å². The summed E-state index contributed by atoms with van der Waals surface area (Å²) in [6.45, 7) is 0. The van der Waals surface area contributed by atoms with Gasteiger partial charge in [0, 0.05) is 15.6 Å². The molecule has 1 aromatic rings. The van der Waals surface area contributed by atoms with Crippen LogP contribution >= 0.6 is 23.2 Å². The summed E-state index contributed by atoms with van der Waals surface area (Å²) in [6, 6.07) is 5.25. The van der Waals surface area contributed by atoms with E-state index in [1.54, 1.807) is 30.4 Å². The van der Waals surface area contributed by atoms with Crippen LogP contribution < -0.4 is 0 Å². The van der Waals surface area contributed by atoms with Crippen molar-refractivity contribution in [2.45, 2.75) is 6.42 Å². The lowest BCUT2D eigenvalue weighted by atomic mass is 10.2. The van der Waals surface area contributed by atoms with Crippen molar-refractivity contribution in [1.29, 1.82) is 0 Å². The Morgan fingerprint density at radius 3 is 2.53 bits per heavy atom. The summed E-state index contributed by atoms with van der Waals surface area (Å²) in [5.74, 6) is -0.297. The molecule has 0 saturated carbocycles. The number of carbonyl (C=O) groups is 1. The zero-order valence-electron chi connectivity index (χ0n) is 8.17. The molecule has 0 bridgehead atoms. The molecule has 1 aromatic carbocycles. The van der Waals surface area contributed by atoms with Gasteiger partial charge in [-0.25, -0.2) is 0 Å². The van der Waals surface area contributed by atoms with Gasteiger partial charge in [0.2, 0.25) is 0 Å². The molecule has 0 saturated heterocycles. The molecule has 0 unspecified atom stereocenters. The van der Waals surface area contributed by atoms with Crippen LogP contribution in [-0.4, -0.2) is 13.1 Å². The van der Waals surface area contributed by atoms with Crippen molar-refractivity contribution >= 4 is 35.2 Å². The smallest absolute Gasteiger partial charge is 0.309 e. The molecular formula is C11H10Cl2O2. The fourth-order valence-electron chi connectivity index (χ4n) is 1.03. The first-order valence-corrected chi connectivity index (χ1v) is 5.08. The lowest BCUT2D eigenvalue weighted by Crippen LogP contribution is -1.96. The van der Waals surface area contributed by atoms with Gasteiger partial charge in [0.15, 0.2) is 0 Å². The van der Waals surface area contributed by atoms with E-state index in [4.69, 9.17) is 23.2 Å². The molecule has 15 heavy (non-hydrogen) atoms. The van der Waals surface area contributed by atoms with E-state index >= 15 is 0 Å². The van der Waals surface area contributed by atoms with Crippen LogP contribution in [0, 0.1) is 0 Å². The van der Waals surface area contributed by atoms with Gasteiger partial charge < -0.3 is 4.74 Å². The van der Waals surface area contributed by atoms with Crippen LogP contribution in [0.4, 0.5) is 0 Å². The monoisotopic (exact) mass is 244 g/mol. The van der Waals surface area contributed by atoms with Crippen LogP contribution in [0.5, 0.6) is 0 Å². The standard InChI is InChI=1S/C11H10Cl2O2/c1-15-11(14)7-2-4-8-9(12)5-3-6-10(8)13/h2-6H,7H2,1H3. The van der Waals surface area contributed by atoms with Gasteiger partial charge in [-0.05, 0) is 12.1 Å². The lowest BCUT2D eigenvalue weighted by Gasteiger charge is -2.00. The van der Waals surface area contributed by atoms with E-state index in [1.807, 2.05) is 0 Å². The average Bonchev–Trinajstić information content (AvgIpc) is 2.22. The summed E-state index contributed by atoms with van der Waals surface area (Å²) in [6.07, 6.45) is 3.58. The highest BCUT2D eigenvalue weighted by Crippen LogP contribution is 2.25. The molecule has 0 radical (unpaired) electrons. The molecule has 0 aliphatic heterocycles. The largest absolute Gasteiger partial charge is 0.469 e. The van der Waals surface area contributed by atoms with Crippen LogP contribution in [0.3, 0.4) is 0 Å². The third kappa shape index (κ3) is 3.57. The van der Waals surface area contributed by atoms with E-state index in [2.05, 4.69) is 4.74 Å². The van der Waals surface area contributed by atoms with Crippen molar-refractivity contribution < 1.29 is 9.53 Å². The molecular weight excluding hydrogens is 235 g/mol. The van der Waals surface area contributed by atoms with Crippen molar-refractivity contribution in [1.82, 2.24) is 0 Å². The maximum Gasteiger partial charge on any atom is 0.309 e. The summed E-state index contributed by atoms with van der Waals surface area (Å²) in [7, 11) is 1.35. The van der Waals surface area contributed by atoms with Gasteiger partial charge in [0.05, 0.1) is 13.5 Å². The molecule has 0 spiro atoms. The second-order valence-electron chi connectivity index (χ2n) is 2.82. The van der Waals surface area contributed by atoms with Gasteiger partial charge in [-0.2, -0.15) is 0 Å². The minimum atomic E-state index is -0.297. The van der Waals surface area contributed by atoms with E-state index in [-0.39, 0.29) is 12.4 Å². The van der Waals surface area contributed by atoms with Gasteiger partial charge in [-0.15, -0.1) is 0 Å². The van der Waals surface area contributed by atoms with Crippen molar-refractivity contribution in [3.05, 3.63) is 39.9 Å². The van der Waals surface area contributed by atoms with Gasteiger partial charge in [-0.3, -0.25) is 4.79 Å². The van der Waals surface area contributed by atoms with Gasteiger partial charge in [0.1, 0.15) is 0 Å². The summed E-state index contributed by atoms with van der Waals surface area (Å²) < 4.78 is 4.49. The Morgan fingerprint density at radius 2 is 2.00 bits per heavy atom. The first-order valence-electron chi connectivity index (χ1n) is 4.32. The summed E-state index contributed by atoms with van der Waals surface area (Å²) in [5.41, 5.74) is 0.713. The van der Waals surface area contributed by atoms with Gasteiger partial charge >= 0.3 is 5.97 Å². The Bertz CT molecular complexity index is 366. The van der Waals surface area contributed by atoms with Crippen molar-refractivity contribution in [3.63, 3.8) is 0 Å². The molecule has 4 heteroatoms. The molecule has 0 aromatic heterocycles. The number of esters is 1. The highest BCUT2D eigenvalue weighted by Gasteiger charge is 2.01. The quantitative estimate of drug-likeness (QED) is 0.761. The second-order valence-corrected chi connectivity index (χ2v) is 3.63. The Hall–Kier alpha value is -0.990. The third-order valence-electron chi connectivity index (χ3n) is 1.80. The number of hydrogen-bond acceptors (Lipinski definition) is 2. The average molecular weight is 245 g/mol. The Kier molecular flexibility index (Phi) is 4.66. The molecule has 1 rings (SSSR count). The maximum absolute atomic E-state index is 10.8. The first kappa shape index (κ1) is 12.1. The Balaban J connectivity index is 2.76. The van der Waals surface area contributed by atoms with Crippen molar-refractivity contribution in [2.24, 2.45) is 0 Å². The number of benzene rings is 1. The molecule has 80 valence electrons. The minimum absolute atomic E-state index is 0.206. The predicted molar refractivity (Wildman–Crippen MR) is 62.1 cm³/mol. The molecule has 0 amide bonds. The lowest BCUT2D eigenvalue weighted by molar-refractivity contribution is -0.139. The van der Waals surface area contributed by atoms with E-state index in [0.717, 1.165) is 0 Å². The van der Waals surface area contributed by atoms with Crippen LogP contribution in [0.2, 0.25) is 10.0 Å². The molecule has 0 fully saturated rings. The van der Waals surface area contributed by atoms with Crippen LogP contribution in [0.1, 0.15) is 12.0 Å². The number of carbonyl (C=O) groups excluding carboxylic acids is 1. The summed E-state index contributed by atoms with van der Waals surface area (Å²) >= 11 is 11.9. The topological polar surface area (TPSA) is 26.3 Å². The molecule has 0 atom stereocenters.